The van der Waals surface area contributed by atoms with Crippen LogP contribution >= 0.6 is 11.6 Å². The lowest BCUT2D eigenvalue weighted by atomic mass is 9.79. The van der Waals surface area contributed by atoms with E-state index in [1.165, 1.54) is 0 Å². The zero-order chi connectivity index (χ0) is 15.3. The maximum Gasteiger partial charge on any atom is 0.0850 e. The van der Waals surface area contributed by atoms with Gasteiger partial charge in [-0.2, -0.15) is 5.10 Å². The summed E-state index contributed by atoms with van der Waals surface area (Å²) in [7, 11) is 2.00. The van der Waals surface area contributed by atoms with Crippen LogP contribution in [0.4, 0.5) is 0 Å². The van der Waals surface area contributed by atoms with E-state index >= 15 is 0 Å². The normalized spacial score (nSPS) is 13.8. The number of hydrogen-bond acceptors (Lipinski definition) is 2. The first-order valence-corrected chi connectivity index (χ1v) is 8.18. The van der Waals surface area contributed by atoms with Crippen LogP contribution in [0.15, 0.2) is 0 Å². The number of hydrogen-bond donors (Lipinski definition) is 1. The Morgan fingerprint density at radius 3 is 2.40 bits per heavy atom. The predicted octanol–water partition coefficient (Wildman–Crippen LogP) is 3.98. The van der Waals surface area contributed by atoms with Gasteiger partial charge in [-0.3, -0.25) is 4.68 Å². The van der Waals surface area contributed by atoms with Gasteiger partial charge in [0.2, 0.25) is 0 Å². The molecule has 1 aromatic rings. The second-order valence-corrected chi connectivity index (χ2v) is 6.62. The van der Waals surface area contributed by atoms with Gasteiger partial charge in [0.25, 0.3) is 0 Å². The fourth-order valence-electron chi connectivity index (χ4n) is 2.42. The maximum absolute atomic E-state index is 6.49. The van der Waals surface area contributed by atoms with Gasteiger partial charge in [-0.05, 0) is 31.2 Å². The molecule has 116 valence electrons. The first-order chi connectivity index (χ1) is 9.37. The molecule has 4 heteroatoms. The molecule has 1 unspecified atom stereocenters. The van der Waals surface area contributed by atoms with Crippen LogP contribution in [0.2, 0.25) is 5.02 Å². The van der Waals surface area contributed by atoms with E-state index in [9.17, 15) is 0 Å². The summed E-state index contributed by atoms with van der Waals surface area (Å²) >= 11 is 6.49. The molecule has 0 radical (unpaired) electrons. The smallest absolute Gasteiger partial charge is 0.0850 e. The third-order valence-electron chi connectivity index (χ3n) is 4.40. The minimum Gasteiger partial charge on any atom is -0.313 e. The van der Waals surface area contributed by atoms with Crippen molar-refractivity contribution < 1.29 is 0 Å². The van der Waals surface area contributed by atoms with E-state index in [1.54, 1.807) is 0 Å². The standard InChI is InChI=1S/C16H30ClN3/c1-7-10-18-14(16(4,5)9-3)11-13-15(17)12(8-2)19-20(13)6/h14,18H,7-11H2,1-6H3. The summed E-state index contributed by atoms with van der Waals surface area (Å²) < 4.78 is 1.95. The van der Waals surface area contributed by atoms with Crippen LogP contribution in [-0.4, -0.2) is 22.4 Å². The molecular weight excluding hydrogens is 270 g/mol. The average Bonchev–Trinajstić information content (AvgIpc) is 2.69. The monoisotopic (exact) mass is 299 g/mol. The number of aryl methyl sites for hydroxylation is 2. The van der Waals surface area contributed by atoms with Crippen LogP contribution in [0.5, 0.6) is 0 Å². The second kappa shape index (κ2) is 7.46. The fourth-order valence-corrected chi connectivity index (χ4v) is 2.80. The molecule has 0 fully saturated rings. The molecule has 0 aromatic carbocycles. The summed E-state index contributed by atoms with van der Waals surface area (Å²) in [5, 5.41) is 9.07. The highest BCUT2D eigenvalue weighted by Gasteiger charge is 2.29. The largest absolute Gasteiger partial charge is 0.313 e. The number of nitrogens with one attached hydrogen (secondary N) is 1. The lowest BCUT2D eigenvalue weighted by Crippen LogP contribution is -2.44. The van der Waals surface area contributed by atoms with Gasteiger partial charge in [-0.25, -0.2) is 0 Å². The first-order valence-electron chi connectivity index (χ1n) is 7.80. The van der Waals surface area contributed by atoms with Crippen LogP contribution < -0.4 is 5.32 Å². The maximum atomic E-state index is 6.49. The summed E-state index contributed by atoms with van der Waals surface area (Å²) in [4.78, 5) is 0. The topological polar surface area (TPSA) is 29.9 Å². The Balaban J connectivity index is 2.97. The minimum atomic E-state index is 0.245. The van der Waals surface area contributed by atoms with Gasteiger partial charge in [-0.1, -0.05) is 46.2 Å². The highest BCUT2D eigenvalue weighted by molar-refractivity contribution is 6.31. The molecule has 1 heterocycles. The zero-order valence-electron chi connectivity index (χ0n) is 13.9. The van der Waals surface area contributed by atoms with Crippen molar-refractivity contribution in [1.82, 2.24) is 15.1 Å². The van der Waals surface area contributed by atoms with Gasteiger partial charge >= 0.3 is 0 Å². The van der Waals surface area contributed by atoms with Gasteiger partial charge in [0, 0.05) is 19.5 Å². The quantitative estimate of drug-likeness (QED) is 0.787. The third-order valence-corrected chi connectivity index (χ3v) is 4.83. The first kappa shape index (κ1) is 17.5. The number of halogens is 1. The van der Waals surface area contributed by atoms with E-state index in [1.807, 2.05) is 11.7 Å². The number of aromatic nitrogens is 2. The van der Waals surface area contributed by atoms with Crippen molar-refractivity contribution >= 4 is 11.6 Å². The molecule has 3 nitrogen and oxygen atoms in total. The van der Waals surface area contributed by atoms with Crippen molar-refractivity contribution in [3.8, 4) is 0 Å². The van der Waals surface area contributed by atoms with Crippen molar-refractivity contribution in [3.63, 3.8) is 0 Å². The molecule has 0 aliphatic rings. The van der Waals surface area contributed by atoms with E-state index in [0.717, 1.165) is 48.6 Å². The average molecular weight is 300 g/mol. The fraction of sp³-hybridized carbons (Fsp3) is 0.812. The Morgan fingerprint density at radius 1 is 1.30 bits per heavy atom. The molecule has 0 spiro atoms. The van der Waals surface area contributed by atoms with Crippen LogP contribution in [0.25, 0.3) is 0 Å². The van der Waals surface area contributed by atoms with Crippen molar-refractivity contribution in [3.05, 3.63) is 16.4 Å². The van der Waals surface area contributed by atoms with Crippen molar-refractivity contribution in [2.45, 2.75) is 66.3 Å². The van der Waals surface area contributed by atoms with E-state index in [0.29, 0.717) is 6.04 Å². The van der Waals surface area contributed by atoms with E-state index in [4.69, 9.17) is 11.6 Å². The van der Waals surface area contributed by atoms with E-state index in [2.05, 4.69) is 45.0 Å². The lowest BCUT2D eigenvalue weighted by Gasteiger charge is -2.34. The molecule has 0 aliphatic heterocycles. The van der Waals surface area contributed by atoms with Gasteiger partial charge < -0.3 is 5.32 Å². The van der Waals surface area contributed by atoms with Crippen LogP contribution in [0.1, 0.15) is 58.8 Å². The molecule has 20 heavy (non-hydrogen) atoms. The summed E-state index contributed by atoms with van der Waals surface area (Å²) in [5.74, 6) is 0. The molecule has 1 atom stereocenters. The summed E-state index contributed by atoms with van der Waals surface area (Å²) in [6.45, 7) is 12.2. The minimum absolute atomic E-state index is 0.245. The van der Waals surface area contributed by atoms with Gasteiger partial charge in [0.05, 0.1) is 16.4 Å². The number of rotatable bonds is 8. The van der Waals surface area contributed by atoms with Gasteiger partial charge in [-0.15, -0.1) is 0 Å². The predicted molar refractivity (Wildman–Crippen MR) is 87.5 cm³/mol. The van der Waals surface area contributed by atoms with Crippen LogP contribution in [0.3, 0.4) is 0 Å². The molecule has 0 aliphatic carbocycles. The zero-order valence-corrected chi connectivity index (χ0v) is 14.6. The second-order valence-electron chi connectivity index (χ2n) is 6.24. The SMILES string of the molecule is CCCNC(Cc1c(Cl)c(CC)nn1C)C(C)(C)CC. The van der Waals surface area contributed by atoms with Crippen molar-refractivity contribution in [2.75, 3.05) is 6.54 Å². The lowest BCUT2D eigenvalue weighted by molar-refractivity contribution is 0.227. The van der Waals surface area contributed by atoms with E-state index in [-0.39, 0.29) is 5.41 Å². The summed E-state index contributed by atoms with van der Waals surface area (Å²) in [6.07, 6.45) is 4.11. The Labute approximate surface area is 129 Å². The highest BCUT2D eigenvalue weighted by atomic mass is 35.5. The Hall–Kier alpha value is -0.540. The molecule has 0 saturated heterocycles. The Bertz CT molecular complexity index is 424. The third kappa shape index (κ3) is 3.98. The molecule has 1 rings (SSSR count). The molecule has 1 N–H and O–H groups in total. The highest BCUT2D eigenvalue weighted by Crippen LogP contribution is 2.30. The van der Waals surface area contributed by atoms with Gasteiger partial charge in [0.1, 0.15) is 0 Å². The Kier molecular flexibility index (Phi) is 6.53. The van der Waals surface area contributed by atoms with Crippen molar-refractivity contribution in [2.24, 2.45) is 12.5 Å². The van der Waals surface area contributed by atoms with Crippen LogP contribution in [0, 0.1) is 5.41 Å². The number of nitrogens with zero attached hydrogens (tertiary/aromatic N) is 2. The van der Waals surface area contributed by atoms with E-state index < -0.39 is 0 Å². The molecule has 1 aromatic heterocycles. The molecule has 0 bridgehead atoms. The van der Waals surface area contributed by atoms with Crippen molar-refractivity contribution in [1.29, 1.82) is 0 Å². The summed E-state index contributed by atoms with van der Waals surface area (Å²) in [5.41, 5.74) is 2.40. The van der Waals surface area contributed by atoms with Gasteiger partial charge in [0.15, 0.2) is 0 Å². The summed E-state index contributed by atoms with van der Waals surface area (Å²) in [6, 6.07) is 0.421. The molecule has 0 saturated carbocycles. The molecular formula is C16H30ClN3. The van der Waals surface area contributed by atoms with Crippen LogP contribution in [-0.2, 0) is 19.9 Å². The Morgan fingerprint density at radius 2 is 1.95 bits per heavy atom. The molecule has 0 amide bonds.